The molecule has 0 aromatic carbocycles. The van der Waals surface area contributed by atoms with E-state index in [0.29, 0.717) is 23.0 Å². The fraction of sp³-hybridized carbons (Fsp3) is 0.889. The van der Waals surface area contributed by atoms with Crippen molar-refractivity contribution in [2.45, 2.75) is 26.2 Å². The molecule has 0 radical (unpaired) electrons. The zero-order chi connectivity index (χ0) is 6.93. The maximum Gasteiger partial charge on any atom is 0.139 e. The summed E-state index contributed by atoms with van der Waals surface area (Å²) in [6.07, 6.45) is 3.75. The number of hydrogen-bond donors (Lipinski definition) is 0. The fourth-order valence-electron chi connectivity index (χ4n) is 3.65. The van der Waals surface area contributed by atoms with Crippen LogP contribution in [0.3, 0.4) is 0 Å². The maximum absolute atomic E-state index is 11.4. The monoisotopic (exact) mass is 136 g/mol. The third kappa shape index (κ3) is 0.301. The van der Waals surface area contributed by atoms with Crippen LogP contribution in [0.25, 0.3) is 0 Å². The lowest BCUT2D eigenvalue weighted by Crippen LogP contribution is -2.00. The normalized spacial score (nSPS) is 61.7. The van der Waals surface area contributed by atoms with Crippen molar-refractivity contribution < 1.29 is 4.79 Å². The Bertz CT molecular complexity index is 221. The quantitative estimate of drug-likeness (QED) is 0.535. The number of rotatable bonds is 1. The van der Waals surface area contributed by atoms with E-state index in [-0.39, 0.29) is 0 Å². The highest BCUT2D eigenvalue weighted by atomic mass is 16.1. The van der Waals surface area contributed by atoms with Crippen LogP contribution in [0.5, 0.6) is 0 Å². The summed E-state index contributed by atoms with van der Waals surface area (Å²) in [4.78, 5) is 11.4. The van der Waals surface area contributed by atoms with Crippen LogP contribution in [0, 0.1) is 23.2 Å². The van der Waals surface area contributed by atoms with Gasteiger partial charge in [0, 0.05) is 11.8 Å². The van der Waals surface area contributed by atoms with Crippen LogP contribution in [0.15, 0.2) is 0 Å². The molecule has 0 N–H and O–H groups in total. The van der Waals surface area contributed by atoms with Crippen LogP contribution < -0.4 is 0 Å². The van der Waals surface area contributed by atoms with Gasteiger partial charge in [-0.05, 0) is 30.6 Å². The standard InChI is InChI=1S/C9H12O/c1-2-9-4-5-3-6(9)7(9)8(5)10/h5-7H,2-4H2,1H3. The Kier molecular flexibility index (Phi) is 0.637. The van der Waals surface area contributed by atoms with Crippen LogP contribution in [0.1, 0.15) is 26.2 Å². The van der Waals surface area contributed by atoms with Gasteiger partial charge in [-0.2, -0.15) is 0 Å². The molecule has 0 spiro atoms. The van der Waals surface area contributed by atoms with Crippen molar-refractivity contribution in [3.8, 4) is 0 Å². The zero-order valence-corrected chi connectivity index (χ0v) is 6.26. The Hall–Kier alpha value is -0.330. The zero-order valence-electron chi connectivity index (χ0n) is 6.26. The third-order valence-electron chi connectivity index (χ3n) is 4.18. The number of carbonyl (C=O) groups is 1. The first-order valence-electron chi connectivity index (χ1n) is 4.33. The first-order valence-corrected chi connectivity index (χ1v) is 4.33. The smallest absolute Gasteiger partial charge is 0.139 e. The molecule has 4 aliphatic rings. The van der Waals surface area contributed by atoms with E-state index in [1.807, 2.05) is 0 Å². The van der Waals surface area contributed by atoms with Crippen LogP contribution in [0.2, 0.25) is 0 Å². The molecule has 0 saturated heterocycles. The molecule has 4 unspecified atom stereocenters. The Morgan fingerprint density at radius 1 is 1.70 bits per heavy atom. The molecule has 1 nitrogen and oxygen atoms in total. The largest absolute Gasteiger partial charge is 0.299 e. The Morgan fingerprint density at radius 2 is 2.50 bits per heavy atom. The highest BCUT2D eigenvalue weighted by Gasteiger charge is 2.77. The second-order valence-electron chi connectivity index (χ2n) is 4.21. The second kappa shape index (κ2) is 1.19. The maximum atomic E-state index is 11.4. The van der Waals surface area contributed by atoms with E-state index < -0.39 is 0 Å². The van der Waals surface area contributed by atoms with E-state index in [2.05, 4.69) is 6.92 Å². The summed E-state index contributed by atoms with van der Waals surface area (Å²) in [5.74, 6) is 2.51. The van der Waals surface area contributed by atoms with Gasteiger partial charge in [0.15, 0.2) is 0 Å². The first kappa shape index (κ1) is 5.34. The molecule has 4 fully saturated rings. The van der Waals surface area contributed by atoms with Crippen molar-refractivity contribution >= 4 is 5.78 Å². The summed E-state index contributed by atoms with van der Waals surface area (Å²) in [6, 6.07) is 0. The topological polar surface area (TPSA) is 17.1 Å². The molecule has 54 valence electrons. The predicted molar refractivity (Wildman–Crippen MR) is 37.4 cm³/mol. The molecule has 10 heavy (non-hydrogen) atoms. The molecule has 4 saturated carbocycles. The van der Waals surface area contributed by atoms with E-state index >= 15 is 0 Å². The molecule has 4 atom stereocenters. The number of carbonyl (C=O) groups excluding carboxylic acids is 1. The van der Waals surface area contributed by atoms with Gasteiger partial charge in [0.2, 0.25) is 0 Å². The van der Waals surface area contributed by atoms with E-state index in [4.69, 9.17) is 0 Å². The summed E-state index contributed by atoms with van der Waals surface area (Å²) in [7, 11) is 0. The molecule has 4 bridgehead atoms. The summed E-state index contributed by atoms with van der Waals surface area (Å²) >= 11 is 0. The lowest BCUT2D eigenvalue weighted by atomic mass is 10.0. The van der Waals surface area contributed by atoms with Gasteiger partial charge >= 0.3 is 0 Å². The molecular weight excluding hydrogens is 124 g/mol. The van der Waals surface area contributed by atoms with Crippen molar-refractivity contribution in [2.75, 3.05) is 0 Å². The number of ketones is 1. The minimum absolute atomic E-state index is 0.509. The van der Waals surface area contributed by atoms with E-state index in [9.17, 15) is 4.79 Å². The summed E-state index contributed by atoms with van der Waals surface area (Å²) < 4.78 is 0. The molecule has 1 heteroatoms. The Labute approximate surface area is 60.8 Å². The SMILES string of the molecule is CCC12CC3CC1C2C3=O. The molecule has 4 aliphatic carbocycles. The average Bonchev–Trinajstić information content (AvgIpc) is 2.36. The Balaban J connectivity index is 2.08. The van der Waals surface area contributed by atoms with Crippen molar-refractivity contribution in [2.24, 2.45) is 23.2 Å². The molecule has 0 heterocycles. The van der Waals surface area contributed by atoms with Crippen molar-refractivity contribution in [1.82, 2.24) is 0 Å². The second-order valence-corrected chi connectivity index (χ2v) is 4.21. The van der Waals surface area contributed by atoms with Crippen molar-refractivity contribution in [1.29, 1.82) is 0 Å². The molecule has 0 amide bonds. The molecular formula is C9H12O. The van der Waals surface area contributed by atoms with Crippen LogP contribution in [-0.2, 0) is 4.79 Å². The summed E-state index contributed by atoms with van der Waals surface area (Å²) in [5.41, 5.74) is 0.557. The van der Waals surface area contributed by atoms with Gasteiger partial charge in [-0.3, -0.25) is 4.79 Å². The first-order chi connectivity index (χ1) is 4.79. The van der Waals surface area contributed by atoms with E-state index in [1.54, 1.807) is 0 Å². The average molecular weight is 136 g/mol. The summed E-state index contributed by atoms with van der Waals surface area (Å²) in [5, 5.41) is 0. The minimum Gasteiger partial charge on any atom is -0.299 e. The van der Waals surface area contributed by atoms with E-state index in [1.165, 1.54) is 19.3 Å². The number of Topliss-reactive ketones (excluding diaryl/α,β-unsaturated/α-hetero) is 1. The van der Waals surface area contributed by atoms with Gasteiger partial charge in [-0.1, -0.05) is 6.92 Å². The highest BCUT2D eigenvalue weighted by Crippen LogP contribution is 2.78. The van der Waals surface area contributed by atoms with Gasteiger partial charge in [0.25, 0.3) is 0 Å². The van der Waals surface area contributed by atoms with Crippen LogP contribution in [0.4, 0.5) is 0 Å². The molecule has 0 aliphatic heterocycles. The number of hydrogen-bond acceptors (Lipinski definition) is 1. The van der Waals surface area contributed by atoms with Gasteiger partial charge in [0.05, 0.1) is 0 Å². The third-order valence-corrected chi connectivity index (χ3v) is 4.18. The van der Waals surface area contributed by atoms with Gasteiger partial charge < -0.3 is 0 Å². The summed E-state index contributed by atoms with van der Waals surface area (Å²) in [6.45, 7) is 2.24. The molecule has 4 rings (SSSR count). The minimum atomic E-state index is 0.509. The van der Waals surface area contributed by atoms with Crippen molar-refractivity contribution in [3.63, 3.8) is 0 Å². The molecule has 0 aromatic heterocycles. The van der Waals surface area contributed by atoms with Gasteiger partial charge in [-0.15, -0.1) is 0 Å². The van der Waals surface area contributed by atoms with Crippen LogP contribution >= 0.6 is 0 Å². The highest BCUT2D eigenvalue weighted by molar-refractivity contribution is 5.93. The molecule has 0 aromatic rings. The van der Waals surface area contributed by atoms with Gasteiger partial charge in [0.1, 0.15) is 5.78 Å². The lowest BCUT2D eigenvalue weighted by molar-refractivity contribution is -0.120. The van der Waals surface area contributed by atoms with Crippen LogP contribution in [-0.4, -0.2) is 5.78 Å². The fourth-order valence-corrected chi connectivity index (χ4v) is 3.65. The lowest BCUT2D eigenvalue weighted by Gasteiger charge is -2.02. The Morgan fingerprint density at radius 3 is 2.70 bits per heavy atom. The predicted octanol–water partition coefficient (Wildman–Crippen LogP) is 1.62. The van der Waals surface area contributed by atoms with E-state index in [0.717, 1.165) is 5.92 Å². The van der Waals surface area contributed by atoms with Crippen molar-refractivity contribution in [3.05, 3.63) is 0 Å². The van der Waals surface area contributed by atoms with Gasteiger partial charge in [-0.25, -0.2) is 0 Å².